The molecule has 2 aromatic carbocycles. The zero-order chi connectivity index (χ0) is 13.0. The Morgan fingerprint density at radius 2 is 1.67 bits per heavy atom. The number of methoxy groups -OCH3 is 1. The number of benzene rings is 2. The van der Waals surface area contributed by atoms with Crippen molar-refractivity contribution in [2.75, 3.05) is 7.11 Å². The predicted molar refractivity (Wildman–Crippen MR) is 80.9 cm³/mol. The molecule has 0 saturated carbocycles. The third-order valence-corrected chi connectivity index (χ3v) is 3.39. The van der Waals surface area contributed by atoms with Gasteiger partial charge in [-0.25, -0.2) is 0 Å². The van der Waals surface area contributed by atoms with Gasteiger partial charge in [0.25, 0.3) is 0 Å². The molecule has 0 fully saturated rings. The van der Waals surface area contributed by atoms with Crippen LogP contribution in [0.4, 0.5) is 0 Å². The van der Waals surface area contributed by atoms with Crippen LogP contribution in [0.2, 0.25) is 0 Å². The first-order valence-electron chi connectivity index (χ1n) is 5.46. The number of ether oxygens (including phenoxy) is 1. The SMILES string of the molecule is COc1ccc(C(Cl)=Cc2ccc(Br)cc2)cc1. The van der Waals surface area contributed by atoms with Gasteiger partial charge in [0.05, 0.1) is 7.11 Å². The molecule has 2 aromatic rings. The largest absolute Gasteiger partial charge is 0.497 e. The monoisotopic (exact) mass is 322 g/mol. The molecule has 0 radical (unpaired) electrons. The highest BCUT2D eigenvalue weighted by Crippen LogP contribution is 2.24. The van der Waals surface area contributed by atoms with Gasteiger partial charge in [-0.15, -0.1) is 0 Å². The zero-order valence-corrected chi connectivity index (χ0v) is 12.2. The summed E-state index contributed by atoms with van der Waals surface area (Å²) in [5.41, 5.74) is 2.04. The van der Waals surface area contributed by atoms with Crippen LogP contribution >= 0.6 is 27.5 Å². The molecule has 0 atom stereocenters. The molecule has 0 unspecified atom stereocenters. The molecule has 92 valence electrons. The molecule has 0 bridgehead atoms. The van der Waals surface area contributed by atoms with Crippen molar-refractivity contribution in [1.82, 2.24) is 0 Å². The van der Waals surface area contributed by atoms with E-state index in [1.165, 1.54) is 0 Å². The van der Waals surface area contributed by atoms with Gasteiger partial charge in [-0.05, 0) is 53.6 Å². The Hall–Kier alpha value is -1.25. The van der Waals surface area contributed by atoms with Gasteiger partial charge >= 0.3 is 0 Å². The normalized spacial score (nSPS) is 11.4. The third-order valence-electron chi connectivity index (χ3n) is 2.53. The van der Waals surface area contributed by atoms with Crippen molar-refractivity contribution in [2.24, 2.45) is 0 Å². The van der Waals surface area contributed by atoms with Gasteiger partial charge in [-0.2, -0.15) is 0 Å². The first-order chi connectivity index (χ1) is 8.69. The Morgan fingerprint density at radius 1 is 1.06 bits per heavy atom. The topological polar surface area (TPSA) is 9.23 Å². The summed E-state index contributed by atoms with van der Waals surface area (Å²) in [4.78, 5) is 0. The molecule has 2 rings (SSSR count). The van der Waals surface area contributed by atoms with Crippen LogP contribution in [0.5, 0.6) is 5.75 Å². The molecule has 0 N–H and O–H groups in total. The van der Waals surface area contributed by atoms with Crippen molar-refractivity contribution in [1.29, 1.82) is 0 Å². The lowest BCUT2D eigenvalue weighted by molar-refractivity contribution is 0.415. The quantitative estimate of drug-likeness (QED) is 0.706. The minimum atomic E-state index is 0.708. The summed E-state index contributed by atoms with van der Waals surface area (Å²) in [6.45, 7) is 0. The molecule has 1 nitrogen and oxygen atoms in total. The van der Waals surface area contributed by atoms with Crippen LogP contribution in [-0.4, -0.2) is 7.11 Å². The first kappa shape index (κ1) is 13.2. The van der Waals surface area contributed by atoms with Crippen LogP contribution in [0.1, 0.15) is 11.1 Å². The summed E-state index contributed by atoms with van der Waals surface area (Å²) in [6.07, 6.45) is 1.94. The van der Waals surface area contributed by atoms with Gasteiger partial charge in [0, 0.05) is 9.51 Å². The van der Waals surface area contributed by atoms with Crippen LogP contribution in [-0.2, 0) is 0 Å². The minimum absolute atomic E-state index is 0.708. The number of halogens is 2. The van der Waals surface area contributed by atoms with Crippen molar-refractivity contribution >= 4 is 38.6 Å². The highest BCUT2D eigenvalue weighted by atomic mass is 79.9. The Kier molecular flexibility index (Phi) is 4.45. The second kappa shape index (κ2) is 6.07. The Balaban J connectivity index is 2.23. The van der Waals surface area contributed by atoms with Crippen molar-refractivity contribution in [2.45, 2.75) is 0 Å². The fourth-order valence-electron chi connectivity index (χ4n) is 1.54. The Labute approximate surface area is 120 Å². The lowest BCUT2D eigenvalue weighted by Gasteiger charge is -2.02. The predicted octanol–water partition coefficient (Wildman–Crippen LogP) is 5.19. The maximum Gasteiger partial charge on any atom is 0.118 e. The minimum Gasteiger partial charge on any atom is -0.497 e. The van der Waals surface area contributed by atoms with Crippen LogP contribution < -0.4 is 4.74 Å². The van der Waals surface area contributed by atoms with E-state index < -0.39 is 0 Å². The van der Waals surface area contributed by atoms with Crippen molar-refractivity contribution in [3.63, 3.8) is 0 Å². The molecular formula is C15H12BrClO. The summed E-state index contributed by atoms with van der Waals surface area (Å²) in [5, 5.41) is 0.708. The first-order valence-corrected chi connectivity index (χ1v) is 6.63. The van der Waals surface area contributed by atoms with E-state index >= 15 is 0 Å². The van der Waals surface area contributed by atoms with Crippen molar-refractivity contribution in [3.8, 4) is 5.75 Å². The Morgan fingerprint density at radius 3 is 2.22 bits per heavy atom. The van der Waals surface area contributed by atoms with Crippen molar-refractivity contribution < 1.29 is 4.74 Å². The summed E-state index contributed by atoms with van der Waals surface area (Å²) >= 11 is 9.69. The molecule has 0 amide bonds. The van der Waals surface area contributed by atoms with Crippen LogP contribution in [0.25, 0.3) is 11.1 Å². The molecule has 0 aliphatic rings. The lowest BCUT2D eigenvalue weighted by atomic mass is 10.1. The van der Waals surface area contributed by atoms with Gasteiger partial charge in [0.1, 0.15) is 5.75 Å². The third kappa shape index (κ3) is 3.37. The smallest absolute Gasteiger partial charge is 0.118 e. The maximum absolute atomic E-state index is 6.28. The molecule has 0 aliphatic heterocycles. The fraction of sp³-hybridized carbons (Fsp3) is 0.0667. The average Bonchev–Trinajstić information content (AvgIpc) is 2.41. The highest BCUT2D eigenvalue weighted by molar-refractivity contribution is 9.10. The number of hydrogen-bond acceptors (Lipinski definition) is 1. The molecule has 0 spiro atoms. The standard InChI is InChI=1S/C15H12BrClO/c1-18-14-8-4-12(5-9-14)15(17)10-11-2-6-13(16)7-3-11/h2-10H,1H3. The van der Waals surface area contributed by atoms with E-state index in [4.69, 9.17) is 16.3 Å². The molecule has 0 aromatic heterocycles. The van der Waals surface area contributed by atoms with Gasteiger partial charge in [0.2, 0.25) is 0 Å². The fourth-order valence-corrected chi connectivity index (χ4v) is 2.06. The second-order valence-corrected chi connectivity index (χ2v) is 5.10. The lowest BCUT2D eigenvalue weighted by Crippen LogP contribution is -1.83. The summed E-state index contributed by atoms with van der Waals surface area (Å²) in [5.74, 6) is 0.826. The van der Waals surface area contributed by atoms with Crippen LogP contribution in [0.3, 0.4) is 0 Å². The summed E-state index contributed by atoms with van der Waals surface area (Å²) in [7, 11) is 1.65. The second-order valence-electron chi connectivity index (χ2n) is 3.77. The van der Waals surface area contributed by atoms with Crippen LogP contribution in [0.15, 0.2) is 53.0 Å². The summed E-state index contributed by atoms with van der Waals surface area (Å²) in [6, 6.07) is 15.7. The molecular weight excluding hydrogens is 312 g/mol. The molecule has 18 heavy (non-hydrogen) atoms. The maximum atomic E-state index is 6.28. The van der Waals surface area contributed by atoms with E-state index in [0.717, 1.165) is 21.3 Å². The zero-order valence-electron chi connectivity index (χ0n) is 9.86. The van der Waals surface area contributed by atoms with E-state index in [0.29, 0.717) is 5.03 Å². The number of rotatable bonds is 3. The Bertz CT molecular complexity index is 544. The van der Waals surface area contributed by atoms with Crippen molar-refractivity contribution in [3.05, 3.63) is 64.1 Å². The molecule has 0 aliphatic carbocycles. The molecule has 0 heterocycles. The van der Waals surface area contributed by atoms with E-state index in [1.54, 1.807) is 7.11 Å². The van der Waals surface area contributed by atoms with Gasteiger partial charge in [0.15, 0.2) is 0 Å². The van der Waals surface area contributed by atoms with E-state index in [9.17, 15) is 0 Å². The van der Waals surface area contributed by atoms with E-state index in [-0.39, 0.29) is 0 Å². The highest BCUT2D eigenvalue weighted by Gasteiger charge is 1.99. The van der Waals surface area contributed by atoms with Gasteiger partial charge < -0.3 is 4.74 Å². The average molecular weight is 324 g/mol. The van der Waals surface area contributed by atoms with Gasteiger partial charge in [-0.3, -0.25) is 0 Å². The van der Waals surface area contributed by atoms with Gasteiger partial charge in [-0.1, -0.05) is 39.7 Å². The van der Waals surface area contributed by atoms with E-state index in [1.807, 2.05) is 54.6 Å². The van der Waals surface area contributed by atoms with Crippen LogP contribution in [0, 0.1) is 0 Å². The number of hydrogen-bond donors (Lipinski definition) is 0. The summed E-state index contributed by atoms with van der Waals surface area (Å²) < 4.78 is 6.17. The van der Waals surface area contributed by atoms with E-state index in [2.05, 4.69) is 15.9 Å². The molecule has 0 saturated heterocycles. The molecule has 3 heteroatoms.